The van der Waals surface area contributed by atoms with Crippen LogP contribution in [0.4, 0.5) is 0 Å². The molecule has 0 aromatic carbocycles. The summed E-state index contributed by atoms with van der Waals surface area (Å²) in [6.45, 7) is 6.30. The molecule has 120 valence electrons. The first-order chi connectivity index (χ1) is 10.4. The molecule has 2 amide bonds. The Bertz CT molecular complexity index is 584. The molecule has 2 aliphatic rings. The molecule has 4 nitrogen and oxygen atoms in total. The van der Waals surface area contributed by atoms with Crippen LogP contribution in [0.2, 0.25) is 0 Å². The van der Waals surface area contributed by atoms with Crippen molar-refractivity contribution in [1.82, 2.24) is 10.6 Å². The highest BCUT2D eigenvalue weighted by molar-refractivity contribution is 7.12. The SMILES string of the molecule is CC(C)(C)[C@@H]1NC(=O)CC[C@H]1NC(=O)c1sccc1C1CC1. The van der Waals surface area contributed by atoms with Gasteiger partial charge in [-0.15, -0.1) is 11.3 Å². The van der Waals surface area contributed by atoms with Crippen molar-refractivity contribution in [2.75, 3.05) is 0 Å². The number of carbonyl (C=O) groups excluding carboxylic acids is 2. The molecule has 1 saturated heterocycles. The van der Waals surface area contributed by atoms with Crippen molar-refractivity contribution in [3.63, 3.8) is 0 Å². The molecule has 2 fully saturated rings. The lowest BCUT2D eigenvalue weighted by Gasteiger charge is -2.41. The number of piperidine rings is 1. The zero-order chi connectivity index (χ0) is 15.9. The molecule has 5 heteroatoms. The summed E-state index contributed by atoms with van der Waals surface area (Å²) in [5, 5.41) is 8.24. The maximum Gasteiger partial charge on any atom is 0.261 e. The lowest BCUT2D eigenvalue weighted by Crippen LogP contribution is -2.60. The molecule has 22 heavy (non-hydrogen) atoms. The van der Waals surface area contributed by atoms with Crippen LogP contribution in [-0.4, -0.2) is 23.9 Å². The van der Waals surface area contributed by atoms with Gasteiger partial charge in [0.05, 0.1) is 17.0 Å². The zero-order valence-electron chi connectivity index (χ0n) is 13.4. The summed E-state index contributed by atoms with van der Waals surface area (Å²) in [7, 11) is 0. The maximum atomic E-state index is 12.7. The predicted octanol–water partition coefficient (Wildman–Crippen LogP) is 3.05. The topological polar surface area (TPSA) is 58.2 Å². The van der Waals surface area contributed by atoms with E-state index in [1.165, 1.54) is 29.7 Å². The largest absolute Gasteiger partial charge is 0.351 e. The van der Waals surface area contributed by atoms with Gasteiger partial charge in [-0.2, -0.15) is 0 Å². The molecule has 1 saturated carbocycles. The Kier molecular flexibility index (Phi) is 4.02. The molecule has 1 aliphatic heterocycles. The monoisotopic (exact) mass is 320 g/mol. The summed E-state index contributed by atoms with van der Waals surface area (Å²) >= 11 is 1.52. The highest BCUT2D eigenvalue weighted by atomic mass is 32.1. The van der Waals surface area contributed by atoms with Crippen LogP contribution in [-0.2, 0) is 4.79 Å². The second kappa shape index (κ2) is 5.69. The van der Waals surface area contributed by atoms with Gasteiger partial charge in [0, 0.05) is 6.42 Å². The molecule has 0 unspecified atom stereocenters. The van der Waals surface area contributed by atoms with Gasteiger partial charge >= 0.3 is 0 Å². The van der Waals surface area contributed by atoms with Gasteiger partial charge in [-0.1, -0.05) is 20.8 Å². The third kappa shape index (κ3) is 3.19. The zero-order valence-corrected chi connectivity index (χ0v) is 14.3. The minimum atomic E-state index is -0.0806. The third-order valence-corrected chi connectivity index (χ3v) is 5.50. The number of thiophene rings is 1. The summed E-state index contributed by atoms with van der Waals surface area (Å²) in [5.74, 6) is 0.684. The minimum Gasteiger partial charge on any atom is -0.351 e. The lowest BCUT2D eigenvalue weighted by atomic mass is 9.78. The predicted molar refractivity (Wildman–Crippen MR) is 88.2 cm³/mol. The van der Waals surface area contributed by atoms with Crippen LogP contribution < -0.4 is 10.6 Å². The fraction of sp³-hybridized carbons (Fsp3) is 0.647. The summed E-state index contributed by atoms with van der Waals surface area (Å²) in [6.07, 6.45) is 3.59. The van der Waals surface area contributed by atoms with E-state index in [0.717, 1.165) is 4.88 Å². The van der Waals surface area contributed by atoms with Crippen LogP contribution in [0.5, 0.6) is 0 Å². The first-order valence-corrected chi connectivity index (χ1v) is 8.92. The fourth-order valence-electron chi connectivity index (χ4n) is 3.23. The summed E-state index contributed by atoms with van der Waals surface area (Å²) in [6, 6.07) is 2.06. The highest BCUT2D eigenvalue weighted by Crippen LogP contribution is 2.43. The molecule has 2 atom stereocenters. The minimum absolute atomic E-state index is 0.000599. The Hall–Kier alpha value is -1.36. The molecule has 3 rings (SSSR count). The lowest BCUT2D eigenvalue weighted by molar-refractivity contribution is -0.125. The maximum absolute atomic E-state index is 12.7. The van der Waals surface area contributed by atoms with Crippen LogP contribution >= 0.6 is 11.3 Å². The highest BCUT2D eigenvalue weighted by Gasteiger charge is 2.38. The average Bonchev–Trinajstić information content (AvgIpc) is 3.16. The molecule has 1 aromatic heterocycles. The molecule has 2 heterocycles. The van der Waals surface area contributed by atoms with E-state index in [2.05, 4.69) is 37.5 Å². The molecule has 0 radical (unpaired) electrons. The number of hydrogen-bond donors (Lipinski definition) is 2. The van der Waals surface area contributed by atoms with Crippen LogP contribution in [0.15, 0.2) is 11.4 Å². The van der Waals surface area contributed by atoms with Gasteiger partial charge in [0.25, 0.3) is 5.91 Å². The average molecular weight is 320 g/mol. The third-order valence-electron chi connectivity index (χ3n) is 4.57. The Labute approximate surface area is 135 Å². The van der Waals surface area contributed by atoms with E-state index in [-0.39, 0.29) is 29.3 Å². The van der Waals surface area contributed by atoms with Crippen LogP contribution in [0.1, 0.15) is 67.6 Å². The van der Waals surface area contributed by atoms with E-state index in [9.17, 15) is 9.59 Å². The van der Waals surface area contributed by atoms with Crippen molar-refractivity contribution in [3.05, 3.63) is 21.9 Å². The molecule has 1 aromatic rings. The Morgan fingerprint density at radius 2 is 2.05 bits per heavy atom. The van der Waals surface area contributed by atoms with Gasteiger partial charge in [-0.25, -0.2) is 0 Å². The fourth-order valence-corrected chi connectivity index (χ4v) is 4.12. The van der Waals surface area contributed by atoms with Gasteiger partial charge in [0.15, 0.2) is 0 Å². The van der Waals surface area contributed by atoms with Crippen molar-refractivity contribution in [1.29, 1.82) is 0 Å². The van der Waals surface area contributed by atoms with Crippen LogP contribution in [0, 0.1) is 5.41 Å². The number of carbonyl (C=O) groups is 2. The van der Waals surface area contributed by atoms with Gasteiger partial charge in [-0.05, 0) is 47.6 Å². The van der Waals surface area contributed by atoms with Crippen molar-refractivity contribution < 1.29 is 9.59 Å². The second-order valence-electron chi connectivity index (χ2n) is 7.51. The van der Waals surface area contributed by atoms with E-state index in [0.29, 0.717) is 18.8 Å². The Balaban J connectivity index is 1.74. The summed E-state index contributed by atoms with van der Waals surface area (Å²) < 4.78 is 0. The van der Waals surface area contributed by atoms with Crippen molar-refractivity contribution in [2.45, 2.75) is 64.5 Å². The van der Waals surface area contributed by atoms with Crippen molar-refractivity contribution in [3.8, 4) is 0 Å². The van der Waals surface area contributed by atoms with Crippen molar-refractivity contribution >= 4 is 23.2 Å². The Morgan fingerprint density at radius 3 is 2.68 bits per heavy atom. The normalized spacial score (nSPS) is 25.7. The molecule has 0 spiro atoms. The number of nitrogens with one attached hydrogen (secondary N) is 2. The van der Waals surface area contributed by atoms with Crippen LogP contribution in [0.25, 0.3) is 0 Å². The van der Waals surface area contributed by atoms with E-state index in [4.69, 9.17) is 0 Å². The number of amides is 2. The first kappa shape index (κ1) is 15.5. The summed E-state index contributed by atoms with van der Waals surface area (Å²) in [5.41, 5.74) is 1.12. The standard InChI is InChI=1S/C17H24N2O2S/c1-17(2,3)15-12(6-7-13(20)19-15)18-16(21)14-11(8-9-22-14)10-4-5-10/h8-10,12,15H,4-7H2,1-3H3,(H,18,21)(H,19,20)/t12-,15-/m1/s1. The molecule has 2 N–H and O–H groups in total. The van der Waals surface area contributed by atoms with Gasteiger partial charge < -0.3 is 10.6 Å². The van der Waals surface area contributed by atoms with Gasteiger partial charge in [-0.3, -0.25) is 9.59 Å². The first-order valence-electron chi connectivity index (χ1n) is 8.04. The molecular weight excluding hydrogens is 296 g/mol. The molecule has 0 bridgehead atoms. The quantitative estimate of drug-likeness (QED) is 0.899. The van der Waals surface area contributed by atoms with E-state index < -0.39 is 0 Å². The van der Waals surface area contributed by atoms with Crippen LogP contribution in [0.3, 0.4) is 0 Å². The number of rotatable bonds is 3. The molecular formula is C17H24N2O2S. The molecule has 1 aliphatic carbocycles. The van der Waals surface area contributed by atoms with E-state index in [1.807, 2.05) is 5.38 Å². The van der Waals surface area contributed by atoms with Gasteiger partial charge in [0.2, 0.25) is 5.91 Å². The van der Waals surface area contributed by atoms with Crippen molar-refractivity contribution in [2.24, 2.45) is 5.41 Å². The number of hydrogen-bond acceptors (Lipinski definition) is 3. The second-order valence-corrected chi connectivity index (χ2v) is 8.43. The smallest absolute Gasteiger partial charge is 0.261 e. The summed E-state index contributed by atoms with van der Waals surface area (Å²) in [4.78, 5) is 25.2. The Morgan fingerprint density at radius 1 is 1.32 bits per heavy atom. The van der Waals surface area contributed by atoms with E-state index in [1.54, 1.807) is 0 Å². The van der Waals surface area contributed by atoms with E-state index >= 15 is 0 Å². The van der Waals surface area contributed by atoms with Gasteiger partial charge in [0.1, 0.15) is 0 Å².